The van der Waals surface area contributed by atoms with E-state index in [1.807, 2.05) is 12.1 Å². The SMILES string of the molecule is COc1ccc(N2CCN(CCCOc3c(C)cc(C)cc3C)CC2)cc1. The normalized spacial score (nSPS) is 15.0. The van der Waals surface area contributed by atoms with Crippen LogP contribution in [0.15, 0.2) is 36.4 Å². The van der Waals surface area contributed by atoms with Gasteiger partial charge in [-0.2, -0.15) is 0 Å². The molecule has 0 radical (unpaired) electrons. The Bertz CT molecular complexity index is 712. The first kappa shape index (κ1) is 19.6. The number of nitrogens with zero attached hydrogens (tertiary/aromatic N) is 2. The lowest BCUT2D eigenvalue weighted by Gasteiger charge is -2.36. The van der Waals surface area contributed by atoms with Gasteiger partial charge in [-0.05, 0) is 62.6 Å². The maximum Gasteiger partial charge on any atom is 0.125 e. The van der Waals surface area contributed by atoms with E-state index in [1.54, 1.807) is 7.11 Å². The molecule has 1 saturated heterocycles. The molecule has 0 aromatic heterocycles. The maximum atomic E-state index is 6.08. The Morgan fingerprint density at radius 3 is 2.11 bits per heavy atom. The first-order valence-electron chi connectivity index (χ1n) is 9.89. The minimum Gasteiger partial charge on any atom is -0.497 e. The second-order valence-electron chi connectivity index (χ2n) is 7.46. The van der Waals surface area contributed by atoms with Crippen LogP contribution >= 0.6 is 0 Å². The number of piperazine rings is 1. The van der Waals surface area contributed by atoms with Crippen molar-refractivity contribution in [2.24, 2.45) is 0 Å². The molecule has 0 unspecified atom stereocenters. The largest absolute Gasteiger partial charge is 0.497 e. The molecule has 1 aliphatic heterocycles. The zero-order chi connectivity index (χ0) is 19.2. The van der Waals surface area contributed by atoms with Crippen LogP contribution in [-0.2, 0) is 0 Å². The molecule has 27 heavy (non-hydrogen) atoms. The summed E-state index contributed by atoms with van der Waals surface area (Å²) in [4.78, 5) is 4.99. The zero-order valence-electron chi connectivity index (χ0n) is 17.1. The highest BCUT2D eigenvalue weighted by Gasteiger charge is 2.17. The molecule has 4 nitrogen and oxygen atoms in total. The smallest absolute Gasteiger partial charge is 0.125 e. The summed E-state index contributed by atoms with van der Waals surface area (Å²) in [5.41, 5.74) is 5.05. The van der Waals surface area contributed by atoms with Crippen LogP contribution < -0.4 is 14.4 Å². The van der Waals surface area contributed by atoms with Crippen LogP contribution in [-0.4, -0.2) is 51.3 Å². The highest BCUT2D eigenvalue weighted by molar-refractivity contribution is 5.49. The predicted molar refractivity (Wildman–Crippen MR) is 112 cm³/mol. The molecule has 0 aliphatic carbocycles. The summed E-state index contributed by atoms with van der Waals surface area (Å²) in [6, 6.07) is 12.8. The number of hydrogen-bond donors (Lipinski definition) is 0. The fraction of sp³-hybridized carbons (Fsp3) is 0.478. The molecule has 146 valence electrons. The minimum absolute atomic E-state index is 0.781. The quantitative estimate of drug-likeness (QED) is 0.684. The van der Waals surface area contributed by atoms with Gasteiger partial charge in [0.1, 0.15) is 11.5 Å². The number of methoxy groups -OCH3 is 1. The highest BCUT2D eigenvalue weighted by atomic mass is 16.5. The van der Waals surface area contributed by atoms with E-state index in [4.69, 9.17) is 9.47 Å². The summed E-state index contributed by atoms with van der Waals surface area (Å²) >= 11 is 0. The van der Waals surface area contributed by atoms with Gasteiger partial charge in [0.2, 0.25) is 0 Å². The molecule has 3 rings (SSSR count). The molecule has 0 bridgehead atoms. The highest BCUT2D eigenvalue weighted by Crippen LogP contribution is 2.25. The molecule has 0 atom stereocenters. The van der Waals surface area contributed by atoms with Gasteiger partial charge in [-0.3, -0.25) is 4.90 Å². The summed E-state index contributed by atoms with van der Waals surface area (Å²) < 4.78 is 11.3. The summed E-state index contributed by atoms with van der Waals surface area (Å²) in [6.07, 6.45) is 1.06. The summed E-state index contributed by atoms with van der Waals surface area (Å²) in [5, 5.41) is 0. The summed E-state index contributed by atoms with van der Waals surface area (Å²) in [6.45, 7) is 12.6. The fourth-order valence-corrected chi connectivity index (χ4v) is 3.88. The van der Waals surface area contributed by atoms with Gasteiger partial charge in [0, 0.05) is 38.4 Å². The number of ether oxygens (including phenoxy) is 2. The van der Waals surface area contributed by atoms with Crippen molar-refractivity contribution in [3.63, 3.8) is 0 Å². The molecule has 2 aromatic rings. The van der Waals surface area contributed by atoms with Gasteiger partial charge >= 0.3 is 0 Å². The maximum absolute atomic E-state index is 6.08. The van der Waals surface area contributed by atoms with Gasteiger partial charge in [-0.25, -0.2) is 0 Å². The van der Waals surface area contributed by atoms with Crippen molar-refractivity contribution in [1.29, 1.82) is 0 Å². The number of rotatable bonds is 7. The summed E-state index contributed by atoms with van der Waals surface area (Å²) in [7, 11) is 1.71. The van der Waals surface area contributed by atoms with Crippen molar-refractivity contribution in [3.8, 4) is 11.5 Å². The van der Waals surface area contributed by atoms with Crippen molar-refractivity contribution in [3.05, 3.63) is 53.1 Å². The monoisotopic (exact) mass is 368 g/mol. The average Bonchev–Trinajstić information content (AvgIpc) is 2.67. The van der Waals surface area contributed by atoms with Crippen LogP contribution in [0.2, 0.25) is 0 Å². The molecule has 0 spiro atoms. The zero-order valence-corrected chi connectivity index (χ0v) is 17.1. The average molecular weight is 369 g/mol. The number of hydrogen-bond acceptors (Lipinski definition) is 4. The third kappa shape index (κ3) is 5.16. The van der Waals surface area contributed by atoms with Gasteiger partial charge < -0.3 is 14.4 Å². The van der Waals surface area contributed by atoms with Crippen molar-refractivity contribution in [2.75, 3.05) is 51.3 Å². The van der Waals surface area contributed by atoms with Gasteiger partial charge in [0.15, 0.2) is 0 Å². The lowest BCUT2D eigenvalue weighted by molar-refractivity contribution is 0.224. The van der Waals surface area contributed by atoms with Crippen LogP contribution in [0.25, 0.3) is 0 Å². The molecular weight excluding hydrogens is 336 g/mol. The Morgan fingerprint density at radius 2 is 1.52 bits per heavy atom. The molecule has 4 heteroatoms. The first-order valence-corrected chi connectivity index (χ1v) is 9.89. The lowest BCUT2D eigenvalue weighted by Crippen LogP contribution is -2.46. The van der Waals surface area contributed by atoms with E-state index in [2.05, 4.69) is 54.8 Å². The van der Waals surface area contributed by atoms with E-state index in [0.29, 0.717) is 0 Å². The van der Waals surface area contributed by atoms with Crippen LogP contribution in [0, 0.1) is 20.8 Å². The van der Waals surface area contributed by atoms with E-state index in [-0.39, 0.29) is 0 Å². The molecule has 1 heterocycles. The first-order chi connectivity index (χ1) is 13.1. The van der Waals surface area contributed by atoms with Gasteiger partial charge in [0.25, 0.3) is 0 Å². The van der Waals surface area contributed by atoms with E-state index < -0.39 is 0 Å². The molecule has 2 aromatic carbocycles. The van der Waals surface area contributed by atoms with Crippen molar-refractivity contribution in [2.45, 2.75) is 27.2 Å². The number of anilines is 1. The van der Waals surface area contributed by atoms with E-state index in [0.717, 1.165) is 57.3 Å². The van der Waals surface area contributed by atoms with Gasteiger partial charge in [-0.15, -0.1) is 0 Å². The summed E-state index contributed by atoms with van der Waals surface area (Å²) in [5.74, 6) is 1.97. The second-order valence-corrected chi connectivity index (χ2v) is 7.46. The molecule has 0 saturated carbocycles. The Labute approximate surface area is 163 Å². The second kappa shape index (κ2) is 9.14. The van der Waals surface area contributed by atoms with E-state index >= 15 is 0 Å². The van der Waals surface area contributed by atoms with Gasteiger partial charge in [0.05, 0.1) is 13.7 Å². The third-order valence-electron chi connectivity index (χ3n) is 5.28. The van der Waals surface area contributed by atoms with Crippen LogP contribution in [0.5, 0.6) is 11.5 Å². The molecule has 1 fully saturated rings. The predicted octanol–water partition coefficient (Wildman–Crippen LogP) is 4.21. The Balaban J connectivity index is 1.40. The molecule has 0 N–H and O–H groups in total. The van der Waals surface area contributed by atoms with Gasteiger partial charge in [-0.1, -0.05) is 17.7 Å². The molecule has 0 amide bonds. The van der Waals surface area contributed by atoms with Crippen LogP contribution in [0.3, 0.4) is 0 Å². The fourth-order valence-electron chi connectivity index (χ4n) is 3.88. The number of aryl methyl sites for hydroxylation is 3. The van der Waals surface area contributed by atoms with E-state index in [1.165, 1.54) is 22.4 Å². The van der Waals surface area contributed by atoms with E-state index in [9.17, 15) is 0 Å². The Morgan fingerprint density at radius 1 is 0.889 bits per heavy atom. The topological polar surface area (TPSA) is 24.9 Å². The third-order valence-corrected chi connectivity index (χ3v) is 5.28. The Hall–Kier alpha value is -2.20. The van der Waals surface area contributed by atoms with Crippen LogP contribution in [0.4, 0.5) is 5.69 Å². The molecular formula is C23H32N2O2. The molecule has 1 aliphatic rings. The Kier molecular flexibility index (Phi) is 6.62. The standard InChI is InChI=1S/C23H32N2O2/c1-18-16-19(2)23(20(3)17-18)27-15-5-10-24-11-13-25(14-12-24)21-6-8-22(26-4)9-7-21/h6-9,16-17H,5,10-15H2,1-4H3. The van der Waals surface area contributed by atoms with Crippen molar-refractivity contribution >= 4 is 5.69 Å². The van der Waals surface area contributed by atoms with Crippen LogP contribution in [0.1, 0.15) is 23.1 Å². The minimum atomic E-state index is 0.781. The van der Waals surface area contributed by atoms with Crippen molar-refractivity contribution < 1.29 is 9.47 Å². The lowest BCUT2D eigenvalue weighted by atomic mass is 10.1. The number of benzene rings is 2. The van der Waals surface area contributed by atoms with Crippen molar-refractivity contribution in [1.82, 2.24) is 4.90 Å².